The van der Waals surface area contributed by atoms with Crippen molar-refractivity contribution >= 4 is 13.3 Å². The fourth-order valence-corrected chi connectivity index (χ4v) is 9.24. The Kier molecular flexibility index (Phi) is 3.70. The Bertz CT molecular complexity index is 399. The van der Waals surface area contributed by atoms with E-state index in [0.29, 0.717) is 5.16 Å². The van der Waals surface area contributed by atoms with Gasteiger partial charge in [0.1, 0.15) is 8.07 Å². The van der Waals surface area contributed by atoms with Gasteiger partial charge in [0.05, 0.1) is 0 Å². The number of hydrogen-bond donors (Lipinski definition) is 0. The average Bonchev–Trinajstić information content (AvgIpc) is 2.73. The molecule has 1 aromatic rings. The van der Waals surface area contributed by atoms with E-state index in [-0.39, 0.29) is 0 Å². The van der Waals surface area contributed by atoms with E-state index in [0.717, 1.165) is 5.92 Å². The van der Waals surface area contributed by atoms with Crippen LogP contribution >= 0.6 is 0 Å². The molecule has 2 heteroatoms. The first kappa shape index (κ1) is 13.8. The first-order valence-corrected chi connectivity index (χ1v) is 10.2. The average molecular weight is 261 g/mol. The molecule has 0 amide bonds. The van der Waals surface area contributed by atoms with Gasteiger partial charge in [-0.1, -0.05) is 62.0 Å². The second-order valence-corrected chi connectivity index (χ2v) is 11.3. The van der Waals surface area contributed by atoms with Crippen LogP contribution in [-0.4, -0.2) is 32.2 Å². The van der Waals surface area contributed by atoms with Crippen molar-refractivity contribution in [2.24, 2.45) is 5.92 Å². The van der Waals surface area contributed by atoms with Crippen molar-refractivity contribution in [1.29, 1.82) is 0 Å². The van der Waals surface area contributed by atoms with Crippen LogP contribution < -0.4 is 5.19 Å². The van der Waals surface area contributed by atoms with E-state index in [2.05, 4.69) is 69.3 Å². The Morgan fingerprint density at radius 3 is 2.22 bits per heavy atom. The van der Waals surface area contributed by atoms with Crippen LogP contribution in [0, 0.1) is 5.92 Å². The zero-order valence-corrected chi connectivity index (χ0v) is 13.5. The van der Waals surface area contributed by atoms with Crippen molar-refractivity contribution in [2.75, 3.05) is 14.1 Å². The lowest BCUT2D eigenvalue weighted by Gasteiger charge is -2.51. The molecular formula is C16H27NSi. The monoisotopic (exact) mass is 261 g/mol. The Morgan fingerprint density at radius 2 is 1.78 bits per heavy atom. The summed E-state index contributed by atoms with van der Waals surface area (Å²) >= 11 is 0. The van der Waals surface area contributed by atoms with Gasteiger partial charge in [0.15, 0.2) is 0 Å². The zero-order chi connectivity index (χ0) is 13.4. The molecule has 1 aliphatic carbocycles. The number of hydrogen-bond acceptors (Lipinski definition) is 1. The van der Waals surface area contributed by atoms with Gasteiger partial charge in [-0.3, -0.25) is 0 Å². The molecule has 1 aromatic carbocycles. The van der Waals surface area contributed by atoms with Crippen molar-refractivity contribution in [3.05, 3.63) is 30.3 Å². The third-order valence-corrected chi connectivity index (χ3v) is 10.5. The zero-order valence-electron chi connectivity index (χ0n) is 12.5. The predicted octanol–water partition coefficient (Wildman–Crippen LogP) is 3.26. The summed E-state index contributed by atoms with van der Waals surface area (Å²) in [6, 6.07) is 11.2. The quantitative estimate of drug-likeness (QED) is 0.755. The Hall–Kier alpha value is -0.603. The van der Waals surface area contributed by atoms with E-state index in [9.17, 15) is 0 Å². The lowest BCUT2D eigenvalue weighted by molar-refractivity contribution is 0.191. The number of nitrogens with zero attached hydrogens (tertiary/aromatic N) is 1. The lowest BCUT2D eigenvalue weighted by atomic mass is 10.0. The van der Waals surface area contributed by atoms with Gasteiger partial charge in [-0.05, 0) is 32.9 Å². The molecule has 0 radical (unpaired) electrons. The summed E-state index contributed by atoms with van der Waals surface area (Å²) in [6.07, 6.45) is 4.15. The van der Waals surface area contributed by atoms with Gasteiger partial charge in [0.2, 0.25) is 0 Å². The molecule has 0 N–H and O–H groups in total. The summed E-state index contributed by atoms with van der Waals surface area (Å²) in [4.78, 5) is 2.55. The summed E-state index contributed by atoms with van der Waals surface area (Å²) in [6.45, 7) is 7.58. The first-order valence-electron chi connectivity index (χ1n) is 7.16. The Labute approximate surface area is 113 Å². The second-order valence-electron chi connectivity index (χ2n) is 6.60. The largest absolute Gasteiger partial charge is 0.306 e. The molecule has 0 aliphatic heterocycles. The molecule has 1 nitrogen and oxygen atoms in total. The van der Waals surface area contributed by atoms with Crippen LogP contribution in [0.5, 0.6) is 0 Å². The normalized spacial score (nSPS) is 28.9. The van der Waals surface area contributed by atoms with Crippen LogP contribution in [-0.2, 0) is 0 Å². The van der Waals surface area contributed by atoms with Crippen LogP contribution in [0.3, 0.4) is 0 Å². The van der Waals surface area contributed by atoms with Gasteiger partial charge < -0.3 is 4.90 Å². The van der Waals surface area contributed by atoms with Crippen molar-refractivity contribution in [3.63, 3.8) is 0 Å². The molecule has 2 atom stereocenters. The summed E-state index contributed by atoms with van der Waals surface area (Å²) < 4.78 is 0. The minimum atomic E-state index is -1.50. The van der Waals surface area contributed by atoms with Gasteiger partial charge in [-0.25, -0.2) is 0 Å². The van der Waals surface area contributed by atoms with Crippen molar-refractivity contribution in [2.45, 2.75) is 44.4 Å². The molecule has 0 heterocycles. The van der Waals surface area contributed by atoms with E-state index in [1.807, 2.05) is 0 Å². The third kappa shape index (κ3) is 1.86. The highest BCUT2D eigenvalue weighted by Gasteiger charge is 2.54. The standard InChI is InChI=1S/C16H27NSi/c1-14-10-9-13-16(14,17(2)3)18(4,5)15-11-7-6-8-12-15/h6-8,11-12,14H,9-10,13H2,1-5H3. The highest BCUT2D eigenvalue weighted by Crippen LogP contribution is 2.45. The highest BCUT2D eigenvalue weighted by molar-refractivity contribution is 6.92. The SMILES string of the molecule is CC1CCCC1(N(C)C)[Si](C)(C)c1ccccc1. The van der Waals surface area contributed by atoms with Gasteiger partial charge in [-0.15, -0.1) is 0 Å². The lowest BCUT2D eigenvalue weighted by Crippen LogP contribution is -2.69. The van der Waals surface area contributed by atoms with Crippen molar-refractivity contribution in [3.8, 4) is 0 Å². The minimum Gasteiger partial charge on any atom is -0.306 e. The Balaban J connectivity index is 2.49. The topological polar surface area (TPSA) is 3.24 Å². The summed E-state index contributed by atoms with van der Waals surface area (Å²) in [5, 5.41) is 2.03. The van der Waals surface area contributed by atoms with E-state index >= 15 is 0 Å². The second kappa shape index (κ2) is 4.82. The molecule has 1 fully saturated rings. The first-order chi connectivity index (χ1) is 8.43. The van der Waals surface area contributed by atoms with Crippen LogP contribution in [0.1, 0.15) is 26.2 Å². The number of rotatable bonds is 3. The molecule has 2 unspecified atom stereocenters. The molecule has 1 aliphatic rings. The minimum absolute atomic E-state index is 0.425. The van der Waals surface area contributed by atoms with Crippen LogP contribution in [0.4, 0.5) is 0 Å². The predicted molar refractivity (Wildman–Crippen MR) is 83.0 cm³/mol. The molecule has 18 heavy (non-hydrogen) atoms. The molecule has 0 saturated heterocycles. The number of benzene rings is 1. The van der Waals surface area contributed by atoms with E-state index < -0.39 is 8.07 Å². The summed E-state index contributed by atoms with van der Waals surface area (Å²) in [5.74, 6) is 0.814. The fourth-order valence-electron chi connectivity index (χ4n) is 4.42. The van der Waals surface area contributed by atoms with Gasteiger partial charge in [0, 0.05) is 5.16 Å². The molecule has 0 bridgehead atoms. The third-order valence-electron chi connectivity index (χ3n) is 5.39. The maximum absolute atomic E-state index is 2.56. The molecule has 0 spiro atoms. The van der Waals surface area contributed by atoms with Crippen LogP contribution in [0.2, 0.25) is 13.1 Å². The fraction of sp³-hybridized carbons (Fsp3) is 0.625. The van der Waals surface area contributed by atoms with E-state index in [1.54, 1.807) is 5.19 Å². The summed E-state index contributed by atoms with van der Waals surface area (Å²) in [5.41, 5.74) is 0. The van der Waals surface area contributed by atoms with Crippen molar-refractivity contribution < 1.29 is 0 Å². The molecule has 0 aromatic heterocycles. The smallest absolute Gasteiger partial charge is 0.103 e. The maximum atomic E-state index is 2.56. The van der Waals surface area contributed by atoms with Crippen molar-refractivity contribution in [1.82, 2.24) is 4.90 Å². The Morgan fingerprint density at radius 1 is 1.17 bits per heavy atom. The van der Waals surface area contributed by atoms with E-state index in [1.165, 1.54) is 19.3 Å². The van der Waals surface area contributed by atoms with Crippen LogP contribution in [0.25, 0.3) is 0 Å². The maximum Gasteiger partial charge on any atom is 0.103 e. The highest BCUT2D eigenvalue weighted by atomic mass is 28.3. The summed E-state index contributed by atoms with van der Waals surface area (Å²) in [7, 11) is 3.09. The molecular weight excluding hydrogens is 234 g/mol. The van der Waals surface area contributed by atoms with Gasteiger partial charge in [-0.2, -0.15) is 0 Å². The van der Waals surface area contributed by atoms with Gasteiger partial charge >= 0.3 is 0 Å². The van der Waals surface area contributed by atoms with Gasteiger partial charge in [0.25, 0.3) is 0 Å². The molecule has 2 rings (SSSR count). The molecule has 1 saturated carbocycles. The van der Waals surface area contributed by atoms with E-state index in [4.69, 9.17) is 0 Å². The molecule has 100 valence electrons. The van der Waals surface area contributed by atoms with Crippen LogP contribution in [0.15, 0.2) is 30.3 Å².